The van der Waals surface area contributed by atoms with E-state index in [1.54, 1.807) is 43.2 Å². The van der Waals surface area contributed by atoms with E-state index in [0.717, 1.165) is 12.8 Å². The second kappa shape index (κ2) is 15.3. The summed E-state index contributed by atoms with van der Waals surface area (Å²) in [5, 5.41) is 17.1. The lowest BCUT2D eigenvalue weighted by Gasteiger charge is -2.33. The van der Waals surface area contributed by atoms with Crippen LogP contribution in [0.4, 0.5) is 4.79 Å². The number of rotatable bonds is 6. The molecular weight excluding hydrogens is 784 g/mol. The van der Waals surface area contributed by atoms with Crippen molar-refractivity contribution in [1.29, 1.82) is 0 Å². The van der Waals surface area contributed by atoms with Crippen molar-refractivity contribution in [1.82, 2.24) is 30.1 Å². The van der Waals surface area contributed by atoms with E-state index in [-0.39, 0.29) is 54.3 Å². The SMILES string of the molecule is CC(C)(C)OC(=O)N[C@H]1CCCCC/C=C\[C@H]2C[C@@]2(C(=O)NS(=O)(=O)C2CC2)NC(=O)[C@@H]2[C@H]3CN(C(=O)c4csc(-c5ccc(O)c(Cl)c5)n4)C[C@H]3CN2C1=O. The smallest absolute Gasteiger partial charge is 0.408 e. The van der Waals surface area contributed by atoms with Gasteiger partial charge in [-0.2, -0.15) is 0 Å². The van der Waals surface area contributed by atoms with Gasteiger partial charge in [-0.25, -0.2) is 18.2 Å². The van der Waals surface area contributed by atoms with Crippen molar-refractivity contribution >= 4 is 62.7 Å². The van der Waals surface area contributed by atoms with E-state index in [2.05, 4.69) is 20.3 Å². The molecule has 0 unspecified atom stereocenters. The van der Waals surface area contributed by atoms with Crippen LogP contribution in [0.3, 0.4) is 0 Å². The highest BCUT2D eigenvalue weighted by Crippen LogP contribution is 2.47. The maximum Gasteiger partial charge on any atom is 0.408 e. The standard InChI is InChI=1S/C38H47ClN6O9S2/c1-37(2,3)54-36(51)41-27-10-8-6-4-5-7-9-23-16-38(23,35(50)43-56(52,53)24-12-13-24)42-31(47)30-25-19-44(17-22(25)18-45(30)34(27)49)33(48)28-20-55-32(40-28)21-11-14-29(46)26(39)15-21/h7,9,11,14-15,20,22-25,27,30,46H,4-6,8,10,12-13,16-19H2,1-3H3,(H,41,51)(H,42,47)(H,43,50)/b9-7-/t22-,23-,25-,27-,30-,38+/m0/s1. The number of aromatic nitrogens is 1. The monoisotopic (exact) mass is 830 g/mol. The molecule has 0 spiro atoms. The molecule has 18 heteroatoms. The van der Waals surface area contributed by atoms with E-state index in [1.807, 2.05) is 12.2 Å². The Morgan fingerprint density at radius 2 is 1.86 bits per heavy atom. The molecule has 4 N–H and O–H groups in total. The second-order valence-electron chi connectivity index (χ2n) is 16.5. The van der Waals surface area contributed by atoms with Gasteiger partial charge in [-0.3, -0.25) is 23.9 Å². The van der Waals surface area contributed by atoms with Crippen LogP contribution in [0.15, 0.2) is 35.7 Å². The number of carbonyl (C=O) groups is 5. The molecule has 6 atom stereocenters. The predicted molar refractivity (Wildman–Crippen MR) is 207 cm³/mol. The zero-order valence-electron chi connectivity index (χ0n) is 31.5. The quantitative estimate of drug-likeness (QED) is 0.309. The van der Waals surface area contributed by atoms with Gasteiger partial charge in [-0.1, -0.05) is 36.6 Å². The number of aromatic hydroxyl groups is 1. The Balaban J connectivity index is 1.17. The molecule has 56 heavy (non-hydrogen) atoms. The van der Waals surface area contributed by atoms with Crippen LogP contribution in [0.2, 0.25) is 5.02 Å². The average Bonchev–Trinajstić information content (AvgIpc) is 3.94. The van der Waals surface area contributed by atoms with E-state index in [0.29, 0.717) is 42.7 Å². The van der Waals surface area contributed by atoms with Gasteiger partial charge in [0.05, 0.1) is 10.3 Å². The van der Waals surface area contributed by atoms with Gasteiger partial charge in [0.1, 0.15) is 39.7 Å². The Bertz CT molecular complexity index is 2060. The summed E-state index contributed by atoms with van der Waals surface area (Å²) in [5.74, 6) is -3.70. The number of sulfonamides is 1. The van der Waals surface area contributed by atoms with E-state index in [9.17, 15) is 37.5 Å². The summed E-state index contributed by atoms with van der Waals surface area (Å²) in [4.78, 5) is 77.4. The van der Waals surface area contributed by atoms with Crippen LogP contribution >= 0.6 is 22.9 Å². The largest absolute Gasteiger partial charge is 0.506 e. The average molecular weight is 831 g/mol. The number of likely N-dealkylation sites (tertiary alicyclic amines) is 1. The fourth-order valence-electron chi connectivity index (χ4n) is 7.99. The Morgan fingerprint density at radius 1 is 1.09 bits per heavy atom. The molecule has 5 aliphatic rings. The maximum atomic E-state index is 14.6. The first-order valence-electron chi connectivity index (χ1n) is 19.0. The third-order valence-electron chi connectivity index (χ3n) is 11.1. The number of hydrogen-bond donors (Lipinski definition) is 4. The van der Waals surface area contributed by atoms with Gasteiger partial charge < -0.3 is 30.3 Å². The van der Waals surface area contributed by atoms with Crippen LogP contribution in [0, 0.1) is 17.8 Å². The maximum absolute atomic E-state index is 14.6. The summed E-state index contributed by atoms with van der Waals surface area (Å²) in [6.07, 6.45) is 7.22. The van der Waals surface area contributed by atoms with Gasteiger partial charge in [0.25, 0.3) is 11.8 Å². The molecule has 2 saturated carbocycles. The predicted octanol–water partition coefficient (Wildman–Crippen LogP) is 3.97. The summed E-state index contributed by atoms with van der Waals surface area (Å²) in [6.45, 7) is 5.58. The molecule has 0 radical (unpaired) electrons. The molecule has 1 aromatic carbocycles. The van der Waals surface area contributed by atoms with E-state index >= 15 is 0 Å². The van der Waals surface area contributed by atoms with Crippen LogP contribution in [0.25, 0.3) is 10.6 Å². The number of hydrogen-bond acceptors (Lipinski definition) is 11. The van der Waals surface area contributed by atoms with Crippen LogP contribution < -0.4 is 15.4 Å². The third kappa shape index (κ3) is 8.40. The number of thiazole rings is 1. The number of ether oxygens (including phenoxy) is 1. The molecular formula is C38H47ClN6O9S2. The number of nitrogens with zero attached hydrogens (tertiary/aromatic N) is 3. The highest BCUT2D eigenvalue weighted by Gasteiger charge is 2.63. The molecule has 7 rings (SSSR count). The number of alkyl carbamates (subject to hydrolysis) is 1. The van der Waals surface area contributed by atoms with Crippen LogP contribution in [0.1, 0.15) is 82.6 Å². The first-order valence-corrected chi connectivity index (χ1v) is 21.8. The minimum absolute atomic E-state index is 0.0767. The number of carbonyl (C=O) groups excluding carboxylic acids is 5. The van der Waals surface area contributed by atoms with Crippen LogP contribution in [-0.4, -0.2) is 106 Å². The number of halogens is 1. The zero-order valence-corrected chi connectivity index (χ0v) is 33.8. The van der Waals surface area contributed by atoms with E-state index in [1.165, 1.54) is 22.3 Å². The molecule has 4 fully saturated rings. The molecule has 0 bridgehead atoms. The first-order chi connectivity index (χ1) is 26.5. The lowest BCUT2D eigenvalue weighted by atomic mass is 9.93. The van der Waals surface area contributed by atoms with Gasteiger partial charge >= 0.3 is 6.09 Å². The van der Waals surface area contributed by atoms with Gasteiger partial charge in [0.15, 0.2) is 0 Å². The highest BCUT2D eigenvalue weighted by atomic mass is 35.5. The second-order valence-corrected chi connectivity index (χ2v) is 19.7. The minimum Gasteiger partial charge on any atom is -0.506 e. The molecule has 2 aliphatic carbocycles. The van der Waals surface area contributed by atoms with Gasteiger partial charge in [0.2, 0.25) is 21.8 Å². The van der Waals surface area contributed by atoms with E-state index < -0.39 is 74.1 Å². The van der Waals surface area contributed by atoms with E-state index in [4.69, 9.17) is 16.3 Å². The molecule has 3 aliphatic heterocycles. The molecule has 5 amide bonds. The highest BCUT2D eigenvalue weighted by molar-refractivity contribution is 7.91. The van der Waals surface area contributed by atoms with Crippen LogP contribution in [0.5, 0.6) is 5.75 Å². The summed E-state index contributed by atoms with van der Waals surface area (Å²) in [5.41, 5.74) is -1.54. The Kier molecular flexibility index (Phi) is 10.9. The van der Waals surface area contributed by atoms with Crippen molar-refractivity contribution in [3.05, 3.63) is 46.4 Å². The summed E-state index contributed by atoms with van der Waals surface area (Å²) >= 11 is 7.34. The summed E-state index contributed by atoms with van der Waals surface area (Å²) < 4.78 is 33.5. The number of nitrogens with one attached hydrogen (secondary N) is 3. The zero-order chi connectivity index (χ0) is 40.2. The molecule has 1 aromatic heterocycles. The molecule has 4 heterocycles. The normalized spacial score (nSPS) is 28.8. The number of amides is 5. The van der Waals surface area contributed by atoms with Gasteiger partial charge in [-0.15, -0.1) is 11.3 Å². The molecule has 2 aromatic rings. The Morgan fingerprint density at radius 3 is 2.57 bits per heavy atom. The van der Waals surface area contributed by atoms with Gasteiger partial charge in [0, 0.05) is 48.3 Å². The summed E-state index contributed by atoms with van der Waals surface area (Å²) in [6, 6.07) is 2.50. The van der Waals surface area contributed by atoms with Crippen molar-refractivity contribution in [3.8, 4) is 16.3 Å². The minimum atomic E-state index is -3.92. The Hall–Kier alpha value is -4.22. The third-order valence-corrected chi connectivity index (χ3v) is 14.1. The molecule has 302 valence electrons. The first kappa shape index (κ1) is 40.0. The number of allylic oxidation sites excluding steroid dienone is 1. The van der Waals surface area contributed by atoms with Gasteiger partial charge in [-0.05, 0) is 77.5 Å². The summed E-state index contributed by atoms with van der Waals surface area (Å²) in [7, 11) is -3.92. The number of fused-ring (bicyclic) bond motifs is 4. The van der Waals surface area contributed by atoms with Crippen molar-refractivity contribution < 1.29 is 42.2 Å². The fourth-order valence-corrected chi connectivity index (χ4v) is 10.3. The number of phenolic OH excluding ortho intramolecular Hbond substituents is 1. The lowest BCUT2D eigenvalue weighted by Crippen LogP contribution is -2.60. The van der Waals surface area contributed by atoms with Crippen molar-refractivity contribution in [2.24, 2.45) is 17.8 Å². The van der Waals surface area contributed by atoms with Crippen molar-refractivity contribution in [2.75, 3.05) is 19.6 Å². The number of phenols is 1. The van der Waals surface area contributed by atoms with Crippen molar-refractivity contribution in [3.63, 3.8) is 0 Å². The Labute approximate surface area is 334 Å². The topological polar surface area (TPSA) is 204 Å². The lowest BCUT2D eigenvalue weighted by molar-refractivity contribution is -0.142. The van der Waals surface area contributed by atoms with Crippen LogP contribution in [-0.2, 0) is 29.1 Å². The van der Waals surface area contributed by atoms with Crippen molar-refractivity contribution in [2.45, 2.75) is 101 Å². The molecule has 15 nitrogen and oxygen atoms in total. The molecule has 2 saturated heterocycles. The fraction of sp³-hybridized carbons (Fsp3) is 0.579. The number of benzene rings is 1.